The van der Waals surface area contributed by atoms with E-state index in [0.717, 1.165) is 6.07 Å². The van der Waals surface area contributed by atoms with Gasteiger partial charge in [-0.05, 0) is 6.07 Å². The van der Waals surface area contributed by atoms with Crippen LogP contribution in [0.15, 0.2) is 18.2 Å². The molecular weight excluding hydrogens is 160 g/mol. The normalized spacial score (nSPS) is 9.33. The zero-order valence-electron chi connectivity index (χ0n) is 5.98. The van der Waals surface area contributed by atoms with E-state index in [2.05, 4.69) is 0 Å². The van der Waals surface area contributed by atoms with Gasteiger partial charge in [0, 0.05) is 23.4 Å². The van der Waals surface area contributed by atoms with E-state index >= 15 is 0 Å². The minimum Gasteiger partial charge on any atom is -0.399 e. The Kier molecular flexibility index (Phi) is 2.05. The molecule has 0 heterocycles. The standard InChI is InChI=1S/C7H5N2O3/c8-6-1-5(4-10)2-7(3-6)9(11)12/h1-3H,8H2. The van der Waals surface area contributed by atoms with Crippen molar-refractivity contribution in [3.8, 4) is 0 Å². The number of hydrogen-bond donors (Lipinski definition) is 1. The summed E-state index contributed by atoms with van der Waals surface area (Å²) in [7, 11) is 0. The second kappa shape index (κ2) is 3.00. The molecule has 0 bridgehead atoms. The van der Waals surface area contributed by atoms with E-state index in [9.17, 15) is 14.9 Å². The quantitative estimate of drug-likeness (QED) is 0.395. The summed E-state index contributed by atoms with van der Waals surface area (Å²) in [5, 5.41) is 10.2. The van der Waals surface area contributed by atoms with Gasteiger partial charge < -0.3 is 5.73 Å². The molecule has 0 aliphatic rings. The second-order valence-corrected chi connectivity index (χ2v) is 2.17. The van der Waals surface area contributed by atoms with Crippen LogP contribution in [0.25, 0.3) is 0 Å². The van der Waals surface area contributed by atoms with Crippen LogP contribution < -0.4 is 5.73 Å². The highest BCUT2D eigenvalue weighted by molar-refractivity contribution is 5.78. The lowest BCUT2D eigenvalue weighted by atomic mass is 10.2. The predicted molar refractivity (Wildman–Crippen MR) is 42.3 cm³/mol. The molecule has 1 radical (unpaired) electrons. The first-order valence-electron chi connectivity index (χ1n) is 3.06. The van der Waals surface area contributed by atoms with Gasteiger partial charge in [0.05, 0.1) is 4.92 Å². The van der Waals surface area contributed by atoms with Crippen LogP contribution in [0.1, 0.15) is 5.56 Å². The molecule has 0 aliphatic heterocycles. The summed E-state index contributed by atoms with van der Waals surface area (Å²) in [6.45, 7) is 0. The SMILES string of the molecule is Nc1cc([C]=O)cc([N+](=O)[O-])c1. The van der Waals surface area contributed by atoms with Gasteiger partial charge in [0.1, 0.15) is 0 Å². The maximum Gasteiger partial charge on any atom is 0.272 e. The van der Waals surface area contributed by atoms with Gasteiger partial charge in [-0.3, -0.25) is 14.9 Å². The molecule has 0 saturated heterocycles. The van der Waals surface area contributed by atoms with E-state index in [1.165, 1.54) is 18.4 Å². The monoisotopic (exact) mass is 165 g/mol. The van der Waals surface area contributed by atoms with Gasteiger partial charge in [-0.15, -0.1) is 0 Å². The molecule has 0 fully saturated rings. The Hall–Kier alpha value is -1.91. The van der Waals surface area contributed by atoms with Crippen LogP contribution in [0.3, 0.4) is 0 Å². The molecule has 1 rings (SSSR count). The average Bonchev–Trinajstić information content (AvgIpc) is 2.03. The number of nitrogen functional groups attached to an aromatic ring is 1. The molecule has 1 aromatic rings. The Morgan fingerprint density at radius 3 is 2.58 bits per heavy atom. The first-order valence-corrected chi connectivity index (χ1v) is 3.06. The molecule has 2 N–H and O–H groups in total. The highest BCUT2D eigenvalue weighted by atomic mass is 16.6. The van der Waals surface area contributed by atoms with Crippen molar-refractivity contribution in [2.24, 2.45) is 0 Å². The van der Waals surface area contributed by atoms with Crippen molar-refractivity contribution in [1.82, 2.24) is 0 Å². The van der Waals surface area contributed by atoms with Crippen molar-refractivity contribution in [3.63, 3.8) is 0 Å². The molecule has 0 unspecified atom stereocenters. The van der Waals surface area contributed by atoms with Gasteiger partial charge in [-0.25, -0.2) is 0 Å². The van der Waals surface area contributed by atoms with Crippen LogP contribution in [-0.4, -0.2) is 11.2 Å². The summed E-state index contributed by atoms with van der Waals surface area (Å²) < 4.78 is 0. The molecule has 0 amide bonds. The van der Waals surface area contributed by atoms with E-state index < -0.39 is 4.92 Å². The van der Waals surface area contributed by atoms with Crippen LogP contribution in [-0.2, 0) is 4.79 Å². The Labute approximate surface area is 68.0 Å². The summed E-state index contributed by atoms with van der Waals surface area (Å²) in [6, 6.07) is 3.62. The van der Waals surface area contributed by atoms with E-state index in [-0.39, 0.29) is 16.9 Å². The van der Waals surface area contributed by atoms with Crippen LogP contribution >= 0.6 is 0 Å². The summed E-state index contributed by atoms with van der Waals surface area (Å²) in [6.07, 6.45) is 1.53. The number of nitro groups is 1. The van der Waals surface area contributed by atoms with Crippen molar-refractivity contribution >= 4 is 17.7 Å². The third kappa shape index (κ3) is 1.57. The van der Waals surface area contributed by atoms with Crippen LogP contribution in [0, 0.1) is 10.1 Å². The lowest BCUT2D eigenvalue weighted by Crippen LogP contribution is -1.93. The van der Waals surface area contributed by atoms with Gasteiger partial charge >= 0.3 is 0 Å². The number of nitrogens with zero attached hydrogens (tertiary/aromatic N) is 1. The van der Waals surface area contributed by atoms with Crippen molar-refractivity contribution in [2.75, 3.05) is 5.73 Å². The summed E-state index contributed by atoms with van der Waals surface area (Å²) >= 11 is 0. The summed E-state index contributed by atoms with van der Waals surface area (Å²) in [5.41, 5.74) is 5.36. The van der Waals surface area contributed by atoms with Gasteiger partial charge in [0.25, 0.3) is 5.69 Å². The Bertz CT molecular complexity index is 335. The van der Waals surface area contributed by atoms with E-state index in [1.54, 1.807) is 0 Å². The molecular formula is C7H5N2O3. The first kappa shape index (κ1) is 8.19. The molecule has 0 atom stereocenters. The summed E-state index contributed by atoms with van der Waals surface area (Å²) in [4.78, 5) is 19.8. The zero-order chi connectivity index (χ0) is 9.14. The Morgan fingerprint density at radius 1 is 1.42 bits per heavy atom. The molecule has 0 aromatic heterocycles. The number of nitrogens with two attached hydrogens (primary N) is 1. The topological polar surface area (TPSA) is 86.2 Å². The molecule has 0 aliphatic carbocycles. The fraction of sp³-hybridized carbons (Fsp3) is 0. The van der Waals surface area contributed by atoms with Crippen LogP contribution in [0.4, 0.5) is 11.4 Å². The first-order chi connectivity index (χ1) is 5.63. The minimum atomic E-state index is -0.614. The van der Waals surface area contributed by atoms with E-state index in [4.69, 9.17) is 5.73 Å². The number of non-ortho nitro benzene ring substituents is 1. The molecule has 0 spiro atoms. The predicted octanol–water partition coefficient (Wildman–Crippen LogP) is 0.635. The minimum absolute atomic E-state index is 0.0849. The van der Waals surface area contributed by atoms with Crippen molar-refractivity contribution in [3.05, 3.63) is 33.9 Å². The van der Waals surface area contributed by atoms with Gasteiger partial charge in [0.15, 0.2) is 0 Å². The smallest absolute Gasteiger partial charge is 0.272 e. The number of nitro benzene ring substituents is 1. The van der Waals surface area contributed by atoms with Gasteiger partial charge in [-0.2, -0.15) is 0 Å². The zero-order valence-corrected chi connectivity index (χ0v) is 5.98. The third-order valence-corrected chi connectivity index (χ3v) is 1.27. The Morgan fingerprint density at radius 2 is 2.08 bits per heavy atom. The van der Waals surface area contributed by atoms with Crippen LogP contribution in [0.2, 0.25) is 0 Å². The lowest BCUT2D eigenvalue weighted by Gasteiger charge is -1.94. The fourth-order valence-corrected chi connectivity index (χ4v) is 0.799. The number of carbonyl (C=O) groups excluding carboxylic acids is 1. The van der Waals surface area contributed by atoms with Crippen molar-refractivity contribution in [2.45, 2.75) is 0 Å². The highest BCUT2D eigenvalue weighted by Gasteiger charge is 2.07. The van der Waals surface area contributed by atoms with E-state index in [0.29, 0.717) is 0 Å². The van der Waals surface area contributed by atoms with Crippen molar-refractivity contribution < 1.29 is 9.72 Å². The van der Waals surface area contributed by atoms with Crippen molar-refractivity contribution in [1.29, 1.82) is 0 Å². The van der Waals surface area contributed by atoms with E-state index in [1.807, 2.05) is 0 Å². The van der Waals surface area contributed by atoms with Gasteiger partial charge in [-0.1, -0.05) is 0 Å². The average molecular weight is 165 g/mol. The second-order valence-electron chi connectivity index (χ2n) is 2.17. The maximum absolute atomic E-state index is 10.2. The molecule has 0 saturated carbocycles. The number of anilines is 1. The van der Waals surface area contributed by atoms with Crippen LogP contribution in [0.5, 0.6) is 0 Å². The summed E-state index contributed by atoms with van der Waals surface area (Å²) in [5.74, 6) is 0. The lowest BCUT2D eigenvalue weighted by molar-refractivity contribution is -0.384. The largest absolute Gasteiger partial charge is 0.399 e. The third-order valence-electron chi connectivity index (χ3n) is 1.27. The fourth-order valence-electron chi connectivity index (χ4n) is 0.799. The molecule has 12 heavy (non-hydrogen) atoms. The maximum atomic E-state index is 10.2. The van der Waals surface area contributed by atoms with Gasteiger partial charge in [0.2, 0.25) is 6.29 Å². The number of hydrogen-bond acceptors (Lipinski definition) is 4. The number of rotatable bonds is 2. The molecule has 1 aromatic carbocycles. The highest BCUT2D eigenvalue weighted by Crippen LogP contribution is 2.16. The Balaban J connectivity index is 3.23. The molecule has 61 valence electrons. The molecule has 5 nitrogen and oxygen atoms in total. The molecule has 5 heteroatoms. The number of benzene rings is 1.